The Labute approximate surface area is 230 Å². The SMILES string of the molecule is C.Fc1ccc(-c2ccc(Cn3ccc4nc(-c5cccc(F)c5F)nc-4c3)cc2)c(OCCn2cccc2)c1. The summed E-state index contributed by atoms with van der Waals surface area (Å²) < 4.78 is 51.7. The van der Waals surface area contributed by atoms with Crippen LogP contribution in [-0.2, 0) is 13.1 Å². The van der Waals surface area contributed by atoms with Gasteiger partial charge in [-0.25, -0.2) is 23.1 Å². The highest BCUT2D eigenvalue weighted by molar-refractivity contribution is 5.71. The highest BCUT2D eigenvalue weighted by atomic mass is 19.2. The van der Waals surface area contributed by atoms with Crippen LogP contribution in [0.3, 0.4) is 0 Å². The van der Waals surface area contributed by atoms with Crippen LogP contribution in [0.1, 0.15) is 13.0 Å². The van der Waals surface area contributed by atoms with E-state index in [0.29, 0.717) is 36.8 Å². The fourth-order valence-electron chi connectivity index (χ4n) is 4.48. The Kier molecular flexibility index (Phi) is 7.68. The molecule has 1 aromatic heterocycles. The molecule has 4 aromatic rings. The zero-order valence-corrected chi connectivity index (χ0v) is 20.8. The van der Waals surface area contributed by atoms with Crippen molar-refractivity contribution < 1.29 is 17.9 Å². The number of hydrogen-bond acceptors (Lipinski definition) is 3. The van der Waals surface area contributed by atoms with Crippen LogP contribution in [0, 0.1) is 17.5 Å². The lowest BCUT2D eigenvalue weighted by atomic mass is 10.0. The average Bonchev–Trinajstić information content (AvgIpc) is 3.61. The van der Waals surface area contributed by atoms with E-state index < -0.39 is 11.6 Å². The topological polar surface area (TPSA) is 44.9 Å². The van der Waals surface area contributed by atoms with E-state index in [2.05, 4.69) is 9.97 Å². The summed E-state index contributed by atoms with van der Waals surface area (Å²) in [6.45, 7) is 1.65. The Morgan fingerprint density at radius 1 is 0.725 bits per heavy atom. The first kappa shape index (κ1) is 26.7. The zero-order chi connectivity index (χ0) is 26.8. The van der Waals surface area contributed by atoms with Gasteiger partial charge in [0.25, 0.3) is 0 Å². The molecule has 0 radical (unpaired) electrons. The third-order valence-electron chi connectivity index (χ3n) is 6.47. The van der Waals surface area contributed by atoms with Gasteiger partial charge >= 0.3 is 0 Å². The van der Waals surface area contributed by atoms with Crippen LogP contribution in [0.15, 0.2) is 104 Å². The van der Waals surface area contributed by atoms with E-state index in [1.165, 1.54) is 24.3 Å². The molecule has 0 saturated carbocycles. The first-order valence-corrected chi connectivity index (χ1v) is 12.4. The van der Waals surface area contributed by atoms with Crippen molar-refractivity contribution in [2.45, 2.75) is 20.5 Å². The van der Waals surface area contributed by atoms with Crippen molar-refractivity contribution in [1.82, 2.24) is 19.1 Å². The summed E-state index contributed by atoms with van der Waals surface area (Å²) in [4.78, 5) is 8.77. The quantitative estimate of drug-likeness (QED) is 0.199. The summed E-state index contributed by atoms with van der Waals surface area (Å²) in [6.07, 6.45) is 7.61. The van der Waals surface area contributed by atoms with Crippen molar-refractivity contribution in [2.24, 2.45) is 0 Å². The van der Waals surface area contributed by atoms with Gasteiger partial charge in [-0.1, -0.05) is 37.8 Å². The predicted molar refractivity (Wildman–Crippen MR) is 150 cm³/mol. The molecule has 0 aliphatic carbocycles. The minimum atomic E-state index is -0.962. The van der Waals surface area contributed by atoms with Gasteiger partial charge in [0, 0.05) is 43.0 Å². The average molecular weight is 541 g/mol. The van der Waals surface area contributed by atoms with Crippen molar-refractivity contribution >= 4 is 0 Å². The highest BCUT2D eigenvalue weighted by Gasteiger charge is 2.17. The van der Waals surface area contributed by atoms with Gasteiger partial charge in [-0.05, 0) is 53.6 Å². The van der Waals surface area contributed by atoms with Gasteiger partial charge in [0.15, 0.2) is 17.5 Å². The Balaban J connectivity index is 0.00000323. The summed E-state index contributed by atoms with van der Waals surface area (Å²) in [6, 6.07) is 22.2. The summed E-state index contributed by atoms with van der Waals surface area (Å²) in [5.41, 5.74) is 3.98. The fourth-order valence-corrected chi connectivity index (χ4v) is 4.48. The van der Waals surface area contributed by atoms with Gasteiger partial charge in [0.05, 0.1) is 17.8 Å². The molecule has 202 valence electrons. The van der Waals surface area contributed by atoms with Gasteiger partial charge in [-0.15, -0.1) is 0 Å². The minimum Gasteiger partial charge on any atom is -0.491 e. The molecule has 0 fully saturated rings. The molecule has 2 aliphatic heterocycles. The molecule has 2 aliphatic rings. The van der Waals surface area contributed by atoms with Gasteiger partial charge in [0.1, 0.15) is 23.9 Å². The van der Waals surface area contributed by atoms with E-state index in [1.54, 1.807) is 12.1 Å². The maximum atomic E-state index is 14.2. The van der Waals surface area contributed by atoms with Crippen molar-refractivity contribution in [1.29, 1.82) is 0 Å². The number of halogens is 3. The molecule has 5 nitrogen and oxygen atoms in total. The van der Waals surface area contributed by atoms with E-state index in [9.17, 15) is 13.2 Å². The van der Waals surface area contributed by atoms with Crippen molar-refractivity contribution in [3.8, 4) is 39.7 Å². The van der Waals surface area contributed by atoms with Crippen molar-refractivity contribution in [3.05, 3.63) is 127 Å². The molecular formula is C32H27F3N4O. The number of nitrogens with zero attached hydrogens (tertiary/aromatic N) is 4. The second kappa shape index (κ2) is 11.5. The predicted octanol–water partition coefficient (Wildman–Crippen LogP) is 7.70. The van der Waals surface area contributed by atoms with Crippen molar-refractivity contribution in [3.63, 3.8) is 0 Å². The lowest BCUT2D eigenvalue weighted by Gasteiger charge is -2.13. The van der Waals surface area contributed by atoms with Crippen LogP contribution in [0.5, 0.6) is 5.75 Å². The second-order valence-corrected chi connectivity index (χ2v) is 9.14. The molecule has 40 heavy (non-hydrogen) atoms. The number of fused-ring (bicyclic) bond motifs is 1. The van der Waals surface area contributed by atoms with Gasteiger partial charge in [-0.2, -0.15) is 0 Å². The molecule has 0 saturated heterocycles. The van der Waals surface area contributed by atoms with E-state index in [4.69, 9.17) is 4.74 Å². The molecule has 0 bridgehead atoms. The number of aromatic nitrogens is 4. The number of rotatable bonds is 8. The van der Waals surface area contributed by atoms with Crippen LogP contribution >= 0.6 is 0 Å². The summed E-state index contributed by atoms with van der Waals surface area (Å²) in [7, 11) is 0. The molecule has 0 N–H and O–H groups in total. The van der Waals surface area contributed by atoms with Gasteiger partial charge < -0.3 is 13.9 Å². The maximum absolute atomic E-state index is 14.2. The van der Waals surface area contributed by atoms with Crippen LogP contribution < -0.4 is 4.74 Å². The number of ether oxygens (including phenoxy) is 1. The first-order chi connectivity index (χ1) is 19.0. The molecular weight excluding hydrogens is 513 g/mol. The summed E-state index contributed by atoms with van der Waals surface area (Å²) in [5.74, 6) is -1.60. The third-order valence-corrected chi connectivity index (χ3v) is 6.47. The largest absolute Gasteiger partial charge is 0.491 e. The van der Waals surface area contributed by atoms with E-state index in [0.717, 1.165) is 22.8 Å². The van der Waals surface area contributed by atoms with Crippen LogP contribution in [0.25, 0.3) is 33.9 Å². The monoisotopic (exact) mass is 540 g/mol. The Morgan fingerprint density at radius 2 is 1.50 bits per heavy atom. The molecule has 0 atom stereocenters. The van der Waals surface area contributed by atoms with Crippen molar-refractivity contribution in [2.75, 3.05) is 6.61 Å². The van der Waals surface area contributed by atoms with E-state index in [1.807, 2.05) is 70.3 Å². The molecule has 8 heteroatoms. The number of imidazole rings is 1. The highest BCUT2D eigenvalue weighted by Crippen LogP contribution is 2.32. The molecule has 0 unspecified atom stereocenters. The smallest absolute Gasteiger partial charge is 0.169 e. The summed E-state index contributed by atoms with van der Waals surface area (Å²) >= 11 is 0. The Morgan fingerprint density at radius 3 is 2.30 bits per heavy atom. The first-order valence-electron chi connectivity index (χ1n) is 12.4. The molecule has 3 heterocycles. The molecule has 3 aromatic carbocycles. The van der Waals surface area contributed by atoms with Gasteiger partial charge in [0.2, 0.25) is 0 Å². The van der Waals surface area contributed by atoms with E-state index in [-0.39, 0.29) is 24.6 Å². The number of hydrogen-bond donors (Lipinski definition) is 0. The second-order valence-electron chi connectivity index (χ2n) is 9.14. The summed E-state index contributed by atoms with van der Waals surface area (Å²) in [5, 5.41) is 0. The third kappa shape index (κ3) is 5.61. The lowest BCUT2D eigenvalue weighted by Crippen LogP contribution is -2.07. The van der Waals surface area contributed by atoms with Crippen LogP contribution in [0.4, 0.5) is 13.2 Å². The Hall–Kier alpha value is -4.85. The maximum Gasteiger partial charge on any atom is 0.169 e. The van der Waals surface area contributed by atoms with E-state index >= 15 is 0 Å². The number of pyridine rings is 1. The van der Waals surface area contributed by atoms with Crippen LogP contribution in [-0.4, -0.2) is 25.7 Å². The van der Waals surface area contributed by atoms with Gasteiger partial charge in [-0.3, -0.25) is 0 Å². The molecule has 0 amide bonds. The standard InChI is InChI=1S/C31H23F3N4O.CH4/c32-23-10-11-24(29(18-23)39-17-16-37-13-1-2-14-37)22-8-6-21(7-9-22)19-38-15-12-27-28(20-38)36-31(35-27)25-4-3-5-26(33)30(25)34;/h1-15,18,20H,16-17,19H2;1H4. The molecule has 0 spiro atoms. The Bertz CT molecular complexity index is 1690. The zero-order valence-electron chi connectivity index (χ0n) is 20.8. The van der Waals surface area contributed by atoms with Crippen LogP contribution in [0.2, 0.25) is 0 Å². The fraction of sp³-hybridized carbons (Fsp3) is 0.125. The minimum absolute atomic E-state index is 0. The number of benzene rings is 3. The lowest BCUT2D eigenvalue weighted by molar-refractivity contribution is 0.298. The molecule has 6 rings (SSSR count). The normalized spacial score (nSPS) is 11.0.